The molecule has 4 nitrogen and oxygen atoms in total. The van der Waals surface area contributed by atoms with E-state index in [0.29, 0.717) is 11.3 Å². The van der Waals surface area contributed by atoms with Crippen molar-refractivity contribution in [3.8, 4) is 0 Å². The van der Waals surface area contributed by atoms with Crippen molar-refractivity contribution < 1.29 is 9.21 Å². The number of hydrogen-bond donors (Lipinski definition) is 1. The van der Waals surface area contributed by atoms with Crippen LogP contribution < -0.4 is 5.32 Å². The van der Waals surface area contributed by atoms with Crippen LogP contribution in [0.1, 0.15) is 15.9 Å². The molecule has 0 fully saturated rings. The SMILES string of the molecule is Cc1ccc(C(=O)Nc2ccncc2)c2c1oc1ccccc12. The molecule has 4 aromatic rings. The second kappa shape index (κ2) is 5.25. The van der Waals surface area contributed by atoms with Crippen LogP contribution in [0, 0.1) is 6.92 Å². The van der Waals surface area contributed by atoms with E-state index in [1.807, 2.05) is 43.3 Å². The molecule has 0 saturated carbocycles. The maximum atomic E-state index is 12.7. The Labute approximate surface area is 132 Å². The highest BCUT2D eigenvalue weighted by molar-refractivity contribution is 6.20. The number of nitrogens with one attached hydrogen (secondary N) is 1. The van der Waals surface area contributed by atoms with Crippen molar-refractivity contribution >= 4 is 33.5 Å². The van der Waals surface area contributed by atoms with Crippen LogP contribution in [-0.4, -0.2) is 10.9 Å². The lowest BCUT2D eigenvalue weighted by molar-refractivity contribution is 0.102. The Morgan fingerprint density at radius 1 is 1.04 bits per heavy atom. The molecule has 2 aromatic heterocycles. The molecule has 0 aliphatic carbocycles. The van der Waals surface area contributed by atoms with Crippen LogP contribution in [0.15, 0.2) is 65.3 Å². The summed E-state index contributed by atoms with van der Waals surface area (Å²) in [5, 5.41) is 4.71. The summed E-state index contributed by atoms with van der Waals surface area (Å²) in [5.41, 5.74) is 3.87. The number of carbonyl (C=O) groups excluding carboxylic acids is 1. The minimum absolute atomic E-state index is 0.159. The summed E-state index contributed by atoms with van der Waals surface area (Å²) in [5.74, 6) is -0.159. The van der Waals surface area contributed by atoms with Crippen LogP contribution in [0.3, 0.4) is 0 Å². The van der Waals surface area contributed by atoms with Gasteiger partial charge in [-0.25, -0.2) is 0 Å². The van der Waals surface area contributed by atoms with E-state index >= 15 is 0 Å². The van der Waals surface area contributed by atoms with Crippen molar-refractivity contribution in [2.45, 2.75) is 6.92 Å². The predicted molar refractivity (Wildman–Crippen MR) is 90.6 cm³/mol. The molecule has 1 N–H and O–H groups in total. The number of aromatic nitrogens is 1. The van der Waals surface area contributed by atoms with E-state index in [2.05, 4.69) is 10.3 Å². The molecule has 0 atom stereocenters. The van der Waals surface area contributed by atoms with E-state index < -0.39 is 0 Å². The summed E-state index contributed by atoms with van der Waals surface area (Å²) in [7, 11) is 0. The van der Waals surface area contributed by atoms with Crippen LogP contribution in [-0.2, 0) is 0 Å². The van der Waals surface area contributed by atoms with Gasteiger partial charge in [0.1, 0.15) is 11.2 Å². The van der Waals surface area contributed by atoms with Gasteiger partial charge in [0, 0.05) is 28.9 Å². The topological polar surface area (TPSA) is 55.1 Å². The maximum absolute atomic E-state index is 12.7. The average molecular weight is 302 g/mol. The molecule has 112 valence electrons. The van der Waals surface area contributed by atoms with E-state index in [4.69, 9.17) is 4.42 Å². The van der Waals surface area contributed by atoms with Gasteiger partial charge >= 0.3 is 0 Å². The van der Waals surface area contributed by atoms with Gasteiger partial charge in [0.25, 0.3) is 5.91 Å². The first-order valence-electron chi connectivity index (χ1n) is 7.36. The molecule has 4 heteroatoms. The third kappa shape index (κ3) is 2.25. The molecular weight excluding hydrogens is 288 g/mol. The van der Waals surface area contributed by atoms with Gasteiger partial charge in [-0.3, -0.25) is 9.78 Å². The summed E-state index contributed by atoms with van der Waals surface area (Å²) in [6.45, 7) is 1.98. The van der Waals surface area contributed by atoms with Crippen molar-refractivity contribution in [1.82, 2.24) is 4.98 Å². The summed E-state index contributed by atoms with van der Waals surface area (Å²) in [6, 6.07) is 15.0. The Bertz CT molecular complexity index is 1020. The number of amides is 1. The molecule has 1 amide bonds. The Morgan fingerprint density at radius 2 is 1.83 bits per heavy atom. The lowest BCUT2D eigenvalue weighted by Gasteiger charge is -2.07. The van der Waals surface area contributed by atoms with E-state index in [0.717, 1.165) is 27.5 Å². The number of para-hydroxylation sites is 1. The van der Waals surface area contributed by atoms with Crippen LogP contribution in [0.25, 0.3) is 21.9 Å². The van der Waals surface area contributed by atoms with Gasteiger partial charge < -0.3 is 9.73 Å². The lowest BCUT2D eigenvalue weighted by Crippen LogP contribution is -2.12. The summed E-state index contributed by atoms with van der Waals surface area (Å²) >= 11 is 0. The molecule has 2 heterocycles. The fraction of sp³-hybridized carbons (Fsp3) is 0.0526. The highest BCUT2D eigenvalue weighted by atomic mass is 16.3. The molecule has 0 unspecified atom stereocenters. The number of anilines is 1. The Morgan fingerprint density at radius 3 is 2.65 bits per heavy atom. The number of fused-ring (bicyclic) bond motifs is 3. The highest BCUT2D eigenvalue weighted by Gasteiger charge is 2.17. The second-order valence-electron chi connectivity index (χ2n) is 5.42. The average Bonchev–Trinajstić information content (AvgIpc) is 2.97. The normalized spacial score (nSPS) is 11.0. The number of pyridine rings is 1. The number of rotatable bonds is 2. The Balaban J connectivity index is 1.90. The number of hydrogen-bond acceptors (Lipinski definition) is 3. The third-order valence-corrected chi connectivity index (χ3v) is 3.91. The van der Waals surface area contributed by atoms with Crippen molar-refractivity contribution in [3.05, 3.63) is 72.1 Å². The van der Waals surface area contributed by atoms with Gasteiger partial charge in [-0.15, -0.1) is 0 Å². The van der Waals surface area contributed by atoms with Gasteiger partial charge in [-0.1, -0.05) is 24.3 Å². The zero-order chi connectivity index (χ0) is 15.8. The second-order valence-corrected chi connectivity index (χ2v) is 5.42. The lowest BCUT2D eigenvalue weighted by atomic mass is 10.0. The number of aryl methyl sites for hydroxylation is 1. The first-order valence-corrected chi connectivity index (χ1v) is 7.36. The fourth-order valence-corrected chi connectivity index (χ4v) is 2.78. The molecule has 0 radical (unpaired) electrons. The molecule has 2 aromatic carbocycles. The Kier molecular flexibility index (Phi) is 3.08. The van der Waals surface area contributed by atoms with E-state index in [1.165, 1.54) is 0 Å². The summed E-state index contributed by atoms with van der Waals surface area (Å²) < 4.78 is 5.93. The standard InChI is InChI=1S/C19H14N2O2/c1-12-6-7-15(19(22)21-13-8-10-20-11-9-13)17-14-4-2-3-5-16(14)23-18(12)17/h2-11H,1H3,(H,20,21,22). The van der Waals surface area contributed by atoms with Crippen molar-refractivity contribution in [3.63, 3.8) is 0 Å². The Hall–Kier alpha value is -3.14. The number of carbonyl (C=O) groups is 1. The van der Waals surface area contributed by atoms with E-state index in [-0.39, 0.29) is 5.91 Å². The largest absolute Gasteiger partial charge is 0.456 e. The molecule has 0 aliphatic rings. The van der Waals surface area contributed by atoms with E-state index in [1.54, 1.807) is 24.5 Å². The number of furan rings is 1. The van der Waals surface area contributed by atoms with Crippen LogP contribution in [0.2, 0.25) is 0 Å². The zero-order valence-electron chi connectivity index (χ0n) is 12.5. The highest BCUT2D eigenvalue weighted by Crippen LogP contribution is 2.33. The van der Waals surface area contributed by atoms with Gasteiger partial charge in [-0.2, -0.15) is 0 Å². The van der Waals surface area contributed by atoms with E-state index in [9.17, 15) is 4.79 Å². The first kappa shape index (κ1) is 13.5. The minimum Gasteiger partial charge on any atom is -0.456 e. The maximum Gasteiger partial charge on any atom is 0.256 e. The third-order valence-electron chi connectivity index (χ3n) is 3.91. The van der Waals surface area contributed by atoms with Gasteiger partial charge in [0.2, 0.25) is 0 Å². The molecular formula is C19H14N2O2. The monoisotopic (exact) mass is 302 g/mol. The smallest absolute Gasteiger partial charge is 0.256 e. The van der Waals surface area contributed by atoms with Gasteiger partial charge in [0.05, 0.1) is 5.56 Å². The van der Waals surface area contributed by atoms with Gasteiger partial charge in [-0.05, 0) is 36.8 Å². The molecule has 0 bridgehead atoms. The zero-order valence-corrected chi connectivity index (χ0v) is 12.5. The quantitative estimate of drug-likeness (QED) is 0.591. The van der Waals surface area contributed by atoms with Crippen molar-refractivity contribution in [2.75, 3.05) is 5.32 Å². The summed E-state index contributed by atoms with van der Waals surface area (Å²) in [4.78, 5) is 16.7. The predicted octanol–water partition coefficient (Wildman–Crippen LogP) is 4.54. The van der Waals surface area contributed by atoms with Gasteiger partial charge in [0.15, 0.2) is 0 Å². The number of benzene rings is 2. The van der Waals surface area contributed by atoms with Crippen LogP contribution >= 0.6 is 0 Å². The van der Waals surface area contributed by atoms with Crippen molar-refractivity contribution in [2.24, 2.45) is 0 Å². The summed E-state index contributed by atoms with van der Waals surface area (Å²) in [6.07, 6.45) is 3.29. The molecule has 0 saturated heterocycles. The van der Waals surface area contributed by atoms with Crippen LogP contribution in [0.5, 0.6) is 0 Å². The fourth-order valence-electron chi connectivity index (χ4n) is 2.78. The molecule has 0 spiro atoms. The molecule has 4 rings (SSSR count). The first-order chi connectivity index (χ1) is 11.2. The minimum atomic E-state index is -0.159. The molecule has 23 heavy (non-hydrogen) atoms. The van der Waals surface area contributed by atoms with Crippen LogP contribution in [0.4, 0.5) is 5.69 Å². The molecule has 0 aliphatic heterocycles. The number of nitrogens with zero attached hydrogens (tertiary/aromatic N) is 1. The van der Waals surface area contributed by atoms with Crippen molar-refractivity contribution in [1.29, 1.82) is 0 Å².